The summed E-state index contributed by atoms with van der Waals surface area (Å²) in [6.07, 6.45) is 0.984. The van der Waals surface area contributed by atoms with Gasteiger partial charge in [-0.3, -0.25) is 4.99 Å². The molecule has 2 aromatic rings. The second kappa shape index (κ2) is 3.83. The third-order valence-electron chi connectivity index (χ3n) is 2.96. The number of aromatic nitrogens is 1. The lowest BCUT2D eigenvalue weighted by atomic mass is 10.0. The van der Waals surface area contributed by atoms with Crippen LogP contribution in [0.3, 0.4) is 0 Å². The van der Waals surface area contributed by atoms with E-state index in [0.717, 1.165) is 29.9 Å². The minimum absolute atomic E-state index is 0. The Morgan fingerprint density at radius 1 is 1.44 bits per heavy atom. The molecule has 0 spiro atoms. The van der Waals surface area contributed by atoms with E-state index in [4.69, 9.17) is 0 Å². The van der Waals surface area contributed by atoms with E-state index in [9.17, 15) is 5.11 Å². The summed E-state index contributed by atoms with van der Waals surface area (Å²) in [5, 5.41) is 10.6. The number of nitrogens with one attached hydrogen (secondary N) is 1. The number of hydrogen-bond acceptors (Lipinski definition) is 2. The molecule has 3 rings (SSSR count). The van der Waals surface area contributed by atoms with E-state index in [1.54, 1.807) is 12.1 Å². The number of phenols is 1. The van der Waals surface area contributed by atoms with Crippen LogP contribution in [0.2, 0.25) is 0 Å². The van der Waals surface area contributed by atoms with Crippen molar-refractivity contribution in [1.29, 1.82) is 0 Å². The van der Waals surface area contributed by atoms with Gasteiger partial charge in [0, 0.05) is 26.4 Å². The highest BCUT2D eigenvalue weighted by Crippen LogP contribution is 2.28. The van der Waals surface area contributed by atoms with Crippen LogP contribution in [-0.4, -0.2) is 22.3 Å². The van der Waals surface area contributed by atoms with Crippen molar-refractivity contribution in [3.05, 3.63) is 29.5 Å². The van der Waals surface area contributed by atoms with Crippen molar-refractivity contribution in [1.82, 2.24) is 4.98 Å². The lowest BCUT2D eigenvalue weighted by Gasteiger charge is -2.08. The third-order valence-corrected chi connectivity index (χ3v) is 2.96. The molecule has 1 aromatic heterocycles. The molecule has 1 aliphatic rings. The van der Waals surface area contributed by atoms with Crippen LogP contribution in [-0.2, 0) is 6.42 Å². The van der Waals surface area contributed by atoms with Crippen LogP contribution in [0.5, 0.6) is 5.75 Å². The number of fused-ring (bicyclic) bond motifs is 3. The van der Waals surface area contributed by atoms with E-state index in [2.05, 4.69) is 9.98 Å². The molecule has 0 unspecified atom stereocenters. The van der Waals surface area contributed by atoms with Gasteiger partial charge in [0.25, 0.3) is 0 Å². The molecule has 2 N–H and O–H groups in total. The zero-order valence-corrected chi connectivity index (χ0v) is 9.77. The highest BCUT2D eigenvalue weighted by Gasteiger charge is 2.16. The zero-order valence-electron chi connectivity index (χ0n) is 8.95. The van der Waals surface area contributed by atoms with Gasteiger partial charge in [0.2, 0.25) is 0 Å². The Labute approximate surface area is 103 Å². The maximum Gasteiger partial charge on any atom is 0.117 e. The maximum absolute atomic E-state index is 9.41. The second-order valence-electron chi connectivity index (χ2n) is 3.93. The zero-order chi connectivity index (χ0) is 10.4. The van der Waals surface area contributed by atoms with Gasteiger partial charge in [-0.15, -0.1) is 12.4 Å². The molecule has 0 saturated heterocycles. The molecule has 0 fully saturated rings. The Balaban J connectivity index is 0.000000963. The molecule has 0 bridgehead atoms. The Morgan fingerprint density at radius 3 is 3.06 bits per heavy atom. The van der Waals surface area contributed by atoms with Crippen molar-refractivity contribution >= 4 is 29.0 Å². The highest BCUT2D eigenvalue weighted by molar-refractivity contribution is 6.05. The molecule has 3 nitrogen and oxygen atoms in total. The summed E-state index contributed by atoms with van der Waals surface area (Å²) < 4.78 is 0. The predicted octanol–water partition coefficient (Wildman–Crippen LogP) is 3.15. The van der Waals surface area contributed by atoms with Crippen molar-refractivity contribution in [3.63, 3.8) is 0 Å². The molecule has 88 valence electrons. The molecule has 0 atom stereocenters. The van der Waals surface area contributed by atoms with Crippen molar-refractivity contribution in [2.75, 3.05) is 6.54 Å². The third kappa shape index (κ3) is 1.48. The minimum Gasteiger partial charge on any atom is -0.508 e. The van der Waals surface area contributed by atoms with E-state index < -0.39 is 0 Å². The van der Waals surface area contributed by atoms with E-state index in [1.807, 2.05) is 13.0 Å². The van der Waals surface area contributed by atoms with Crippen molar-refractivity contribution in [2.24, 2.45) is 4.99 Å². The highest BCUT2D eigenvalue weighted by atomic mass is 35.5. The van der Waals surface area contributed by atoms with Crippen LogP contribution in [0.4, 0.5) is 0 Å². The lowest BCUT2D eigenvalue weighted by molar-refractivity contribution is 0.476. The van der Waals surface area contributed by atoms with Gasteiger partial charge >= 0.3 is 0 Å². The summed E-state index contributed by atoms with van der Waals surface area (Å²) in [5.74, 6) is 0.302. The lowest BCUT2D eigenvalue weighted by Crippen LogP contribution is -2.08. The van der Waals surface area contributed by atoms with Crippen molar-refractivity contribution in [2.45, 2.75) is 13.3 Å². The van der Waals surface area contributed by atoms with E-state index in [-0.39, 0.29) is 15.3 Å². The number of H-pyrrole nitrogens is 1. The number of hydrogen-bond donors (Lipinski definition) is 2. The number of aromatic hydroxyl groups is 1. The molecule has 0 aliphatic carbocycles. The van der Waals surface area contributed by atoms with Gasteiger partial charge in [0.15, 0.2) is 0 Å². The first-order valence-electron chi connectivity index (χ1n) is 5.11. The average molecular weight is 241 g/mol. The molecule has 4 heteroatoms. The van der Waals surface area contributed by atoms with Crippen LogP contribution in [0.1, 0.15) is 21.0 Å². The predicted molar refractivity (Wildman–Crippen MR) is 72.2 cm³/mol. The van der Waals surface area contributed by atoms with Gasteiger partial charge in [-0.1, -0.05) is 0 Å². The monoisotopic (exact) mass is 240 g/mol. The summed E-state index contributed by atoms with van der Waals surface area (Å²) >= 11 is 0. The SMILES string of the molecule is CC1=NCCc2c1[nH]c1cc(O)ccc21.Cl.[HH].[HH]. The van der Waals surface area contributed by atoms with Gasteiger partial charge in [0.1, 0.15) is 5.75 Å². The minimum atomic E-state index is 0. The van der Waals surface area contributed by atoms with Crippen LogP contribution in [0.25, 0.3) is 10.9 Å². The molecule has 2 heterocycles. The Morgan fingerprint density at radius 2 is 2.25 bits per heavy atom. The smallest absolute Gasteiger partial charge is 0.117 e. The fourth-order valence-electron chi connectivity index (χ4n) is 2.23. The average Bonchev–Trinajstić information content (AvgIpc) is 2.57. The molecule has 0 saturated carbocycles. The van der Waals surface area contributed by atoms with Crippen molar-refractivity contribution in [3.8, 4) is 5.75 Å². The maximum atomic E-state index is 9.41. The van der Waals surface area contributed by atoms with Crippen molar-refractivity contribution < 1.29 is 7.96 Å². The fourth-order valence-corrected chi connectivity index (χ4v) is 2.23. The van der Waals surface area contributed by atoms with Gasteiger partial charge in [0.05, 0.1) is 11.4 Å². The topological polar surface area (TPSA) is 48.4 Å². The van der Waals surface area contributed by atoms with Gasteiger partial charge in [-0.05, 0) is 31.0 Å². The number of phenolic OH excluding ortho intramolecular Hbond substituents is 1. The summed E-state index contributed by atoms with van der Waals surface area (Å²) in [6, 6.07) is 5.47. The van der Waals surface area contributed by atoms with Crippen LogP contribution >= 0.6 is 12.4 Å². The summed E-state index contributed by atoms with van der Waals surface area (Å²) in [5.41, 5.74) is 4.52. The molecular weight excluding hydrogens is 224 g/mol. The van der Waals surface area contributed by atoms with Gasteiger partial charge in [-0.25, -0.2) is 0 Å². The first-order chi connectivity index (χ1) is 7.25. The Hall–Kier alpha value is -1.48. The molecular formula is C12H17ClN2O. The first-order valence-corrected chi connectivity index (χ1v) is 5.11. The number of rotatable bonds is 0. The standard InChI is InChI=1S/C12H12N2O.ClH.2H2/c1-7-12-10(4-5-13-7)9-3-2-8(15)6-11(9)14-12;;;/h2-3,6,14-15H,4-5H2,1H3;3*1H. The van der Waals surface area contributed by atoms with E-state index in [0.29, 0.717) is 5.75 Å². The molecule has 0 amide bonds. The quantitative estimate of drug-likeness (QED) is 0.730. The Bertz CT molecular complexity index is 581. The van der Waals surface area contributed by atoms with Crippen LogP contribution in [0.15, 0.2) is 23.2 Å². The van der Waals surface area contributed by atoms with E-state index >= 15 is 0 Å². The second-order valence-corrected chi connectivity index (χ2v) is 3.93. The van der Waals surface area contributed by atoms with Gasteiger partial charge in [-0.2, -0.15) is 0 Å². The van der Waals surface area contributed by atoms with E-state index in [1.165, 1.54) is 10.9 Å². The largest absolute Gasteiger partial charge is 0.508 e. The summed E-state index contributed by atoms with van der Waals surface area (Å²) in [6.45, 7) is 2.89. The number of nitrogens with zero attached hydrogens (tertiary/aromatic N) is 1. The number of halogens is 1. The Kier molecular flexibility index (Phi) is 2.64. The summed E-state index contributed by atoms with van der Waals surface area (Å²) in [7, 11) is 0. The number of benzene rings is 1. The van der Waals surface area contributed by atoms with Gasteiger partial charge < -0.3 is 10.1 Å². The summed E-state index contributed by atoms with van der Waals surface area (Å²) in [4.78, 5) is 7.73. The first kappa shape index (κ1) is 11.0. The number of aromatic amines is 1. The van der Waals surface area contributed by atoms with Crippen LogP contribution in [0, 0.1) is 0 Å². The normalized spacial score (nSPS) is 14.2. The molecule has 0 radical (unpaired) electrons. The van der Waals surface area contributed by atoms with Crippen LogP contribution < -0.4 is 0 Å². The fraction of sp³-hybridized carbons (Fsp3) is 0.250. The number of aliphatic imine (C=N–C) groups is 1. The molecule has 16 heavy (non-hydrogen) atoms. The molecule has 1 aromatic carbocycles. The molecule has 1 aliphatic heterocycles.